The zero-order valence-electron chi connectivity index (χ0n) is 12.5. The predicted molar refractivity (Wildman–Crippen MR) is 81.2 cm³/mol. The number of carbonyl (C=O) groups excluding carboxylic acids is 1. The molecule has 118 valence electrons. The molecule has 1 amide bonds. The highest BCUT2D eigenvalue weighted by molar-refractivity contribution is 6.32. The van der Waals surface area contributed by atoms with Crippen molar-refractivity contribution in [3.63, 3.8) is 0 Å². The molecular formula is C14H15ClN2O5. The van der Waals surface area contributed by atoms with Crippen LogP contribution in [0.5, 0.6) is 11.5 Å². The van der Waals surface area contributed by atoms with Crippen LogP contribution in [0.15, 0.2) is 21.5 Å². The van der Waals surface area contributed by atoms with E-state index < -0.39 is 11.5 Å². The summed E-state index contributed by atoms with van der Waals surface area (Å²) in [7, 11) is 4.44. The van der Waals surface area contributed by atoms with Gasteiger partial charge in [0.05, 0.1) is 30.6 Å². The molecule has 0 atom stereocenters. The fourth-order valence-electron chi connectivity index (χ4n) is 1.94. The summed E-state index contributed by atoms with van der Waals surface area (Å²) in [5, 5.41) is 2.94. The summed E-state index contributed by atoms with van der Waals surface area (Å²) in [6, 6.07) is 3.02. The van der Waals surface area contributed by atoms with Gasteiger partial charge in [-0.25, -0.2) is 9.53 Å². The third-order valence-corrected chi connectivity index (χ3v) is 3.50. The molecule has 2 aromatic rings. The number of methoxy groups -OCH3 is 2. The van der Waals surface area contributed by atoms with Crippen molar-refractivity contribution in [1.82, 2.24) is 4.74 Å². The van der Waals surface area contributed by atoms with Crippen molar-refractivity contribution >= 4 is 23.2 Å². The molecule has 0 saturated carbocycles. The maximum absolute atomic E-state index is 12.3. The molecule has 0 aliphatic heterocycles. The van der Waals surface area contributed by atoms with Gasteiger partial charge in [-0.15, -0.1) is 0 Å². The molecule has 0 spiro atoms. The minimum atomic E-state index is -0.711. The molecule has 0 fully saturated rings. The molecule has 1 aromatic heterocycles. The molecule has 0 saturated heterocycles. The highest BCUT2D eigenvalue weighted by Crippen LogP contribution is 2.36. The summed E-state index contributed by atoms with van der Waals surface area (Å²) >= 11 is 6.00. The lowest BCUT2D eigenvalue weighted by atomic mass is 10.2. The molecule has 0 unspecified atom stereocenters. The highest BCUT2D eigenvalue weighted by atomic mass is 35.5. The van der Waals surface area contributed by atoms with Gasteiger partial charge in [0.25, 0.3) is 5.91 Å². The first kappa shape index (κ1) is 16.0. The predicted octanol–water partition coefficient (Wildman–Crippen LogP) is 2.21. The van der Waals surface area contributed by atoms with Crippen LogP contribution in [0.1, 0.15) is 16.1 Å². The van der Waals surface area contributed by atoms with Gasteiger partial charge < -0.3 is 19.3 Å². The lowest BCUT2D eigenvalue weighted by molar-refractivity contribution is 0.102. The van der Waals surface area contributed by atoms with Gasteiger partial charge in [-0.3, -0.25) is 4.79 Å². The molecule has 1 N–H and O–H groups in total. The van der Waals surface area contributed by atoms with Crippen molar-refractivity contribution in [3.05, 3.63) is 38.8 Å². The Morgan fingerprint density at radius 1 is 1.27 bits per heavy atom. The highest BCUT2D eigenvalue weighted by Gasteiger charge is 2.21. The zero-order chi connectivity index (χ0) is 16.4. The second-order valence-electron chi connectivity index (χ2n) is 4.48. The van der Waals surface area contributed by atoms with Crippen molar-refractivity contribution in [2.24, 2.45) is 7.05 Å². The summed E-state index contributed by atoms with van der Waals surface area (Å²) < 4.78 is 16.3. The van der Waals surface area contributed by atoms with Crippen LogP contribution in [0, 0.1) is 6.92 Å². The SMILES string of the molecule is COc1cc(NC(=O)c2c(C)n(C)oc2=O)c(OC)cc1Cl. The van der Waals surface area contributed by atoms with Crippen LogP contribution in [-0.4, -0.2) is 24.9 Å². The van der Waals surface area contributed by atoms with E-state index in [0.29, 0.717) is 27.9 Å². The van der Waals surface area contributed by atoms with E-state index in [4.69, 9.17) is 25.6 Å². The molecular weight excluding hydrogens is 312 g/mol. The number of halogens is 1. The van der Waals surface area contributed by atoms with Crippen LogP contribution in [0.4, 0.5) is 5.69 Å². The molecule has 2 rings (SSSR count). The second kappa shape index (κ2) is 6.15. The Morgan fingerprint density at radius 2 is 1.91 bits per heavy atom. The van der Waals surface area contributed by atoms with Crippen LogP contribution in [0.2, 0.25) is 5.02 Å². The van der Waals surface area contributed by atoms with Crippen LogP contribution in [0.25, 0.3) is 0 Å². The fourth-order valence-corrected chi connectivity index (χ4v) is 2.17. The Bertz CT molecular complexity index is 778. The van der Waals surface area contributed by atoms with E-state index in [1.165, 1.54) is 31.1 Å². The number of rotatable bonds is 4. The molecule has 0 aliphatic carbocycles. The van der Waals surface area contributed by atoms with Crippen LogP contribution in [0.3, 0.4) is 0 Å². The van der Waals surface area contributed by atoms with E-state index in [1.807, 2.05) is 0 Å². The standard InChI is InChI=1S/C14H15ClN2O5/c1-7-12(14(19)22-17(7)2)13(18)16-9-6-10(20-3)8(15)5-11(9)21-4/h5-6H,1-4H3,(H,16,18). The largest absolute Gasteiger partial charge is 0.495 e. The van der Waals surface area contributed by atoms with Crippen molar-refractivity contribution in [1.29, 1.82) is 0 Å². The molecule has 1 heterocycles. The Labute approximate surface area is 131 Å². The van der Waals surface area contributed by atoms with Gasteiger partial charge in [-0.2, -0.15) is 0 Å². The van der Waals surface area contributed by atoms with Crippen molar-refractivity contribution in [3.8, 4) is 11.5 Å². The maximum Gasteiger partial charge on any atom is 0.370 e. The number of benzene rings is 1. The van der Waals surface area contributed by atoms with E-state index in [9.17, 15) is 9.59 Å². The monoisotopic (exact) mass is 326 g/mol. The number of carbonyl (C=O) groups is 1. The fraction of sp³-hybridized carbons (Fsp3) is 0.286. The maximum atomic E-state index is 12.3. The molecule has 0 aliphatic rings. The molecule has 22 heavy (non-hydrogen) atoms. The summed E-state index contributed by atoms with van der Waals surface area (Å²) in [5.74, 6) is 0.112. The van der Waals surface area contributed by atoms with Crippen molar-refractivity contribution in [2.45, 2.75) is 6.92 Å². The third-order valence-electron chi connectivity index (χ3n) is 3.21. The average Bonchev–Trinajstić information content (AvgIpc) is 2.73. The average molecular weight is 327 g/mol. The summed E-state index contributed by atoms with van der Waals surface area (Å²) in [4.78, 5) is 24.0. The van der Waals surface area contributed by atoms with Gasteiger partial charge in [-0.05, 0) is 6.92 Å². The van der Waals surface area contributed by atoms with Gasteiger partial charge in [0.15, 0.2) is 0 Å². The van der Waals surface area contributed by atoms with Gasteiger partial charge in [-0.1, -0.05) is 11.6 Å². The number of anilines is 1. The van der Waals surface area contributed by atoms with E-state index in [1.54, 1.807) is 14.0 Å². The molecule has 8 heteroatoms. The topological polar surface area (TPSA) is 82.7 Å². The van der Waals surface area contributed by atoms with E-state index >= 15 is 0 Å². The number of aryl methyl sites for hydroxylation is 1. The van der Waals surface area contributed by atoms with E-state index in [-0.39, 0.29) is 5.56 Å². The minimum Gasteiger partial charge on any atom is -0.495 e. The first-order chi connectivity index (χ1) is 10.4. The van der Waals surface area contributed by atoms with Crippen LogP contribution >= 0.6 is 11.6 Å². The van der Waals surface area contributed by atoms with Crippen LogP contribution < -0.4 is 20.4 Å². The Morgan fingerprint density at radius 3 is 2.41 bits per heavy atom. The van der Waals surface area contributed by atoms with Gasteiger partial charge in [0.1, 0.15) is 17.1 Å². The molecule has 0 bridgehead atoms. The van der Waals surface area contributed by atoms with Crippen LogP contribution in [-0.2, 0) is 7.05 Å². The number of nitrogens with zero attached hydrogens (tertiary/aromatic N) is 1. The van der Waals surface area contributed by atoms with Crippen molar-refractivity contribution in [2.75, 3.05) is 19.5 Å². The van der Waals surface area contributed by atoms with Gasteiger partial charge >= 0.3 is 5.63 Å². The Balaban J connectivity index is 2.42. The summed E-state index contributed by atoms with van der Waals surface area (Å²) in [6.07, 6.45) is 0. The summed E-state index contributed by atoms with van der Waals surface area (Å²) in [5.41, 5.74) is -0.0327. The number of nitrogens with one attached hydrogen (secondary N) is 1. The minimum absolute atomic E-state index is 0.0709. The zero-order valence-corrected chi connectivity index (χ0v) is 13.3. The number of ether oxygens (including phenoxy) is 2. The quantitative estimate of drug-likeness (QED) is 0.931. The molecule has 0 radical (unpaired) electrons. The smallest absolute Gasteiger partial charge is 0.370 e. The lowest BCUT2D eigenvalue weighted by Gasteiger charge is -2.12. The number of aromatic nitrogens is 1. The lowest BCUT2D eigenvalue weighted by Crippen LogP contribution is -2.19. The number of amides is 1. The van der Waals surface area contributed by atoms with Gasteiger partial charge in [0, 0.05) is 19.2 Å². The normalized spacial score (nSPS) is 10.4. The summed E-state index contributed by atoms with van der Waals surface area (Å²) in [6.45, 7) is 1.61. The first-order valence-electron chi connectivity index (χ1n) is 6.28. The van der Waals surface area contributed by atoms with E-state index in [2.05, 4.69) is 5.32 Å². The number of hydrogen-bond acceptors (Lipinski definition) is 5. The van der Waals surface area contributed by atoms with E-state index in [0.717, 1.165) is 0 Å². The Hall–Kier alpha value is -2.41. The Kier molecular flexibility index (Phi) is 4.46. The first-order valence-corrected chi connectivity index (χ1v) is 6.66. The molecule has 1 aromatic carbocycles. The van der Waals surface area contributed by atoms with Gasteiger partial charge in [0.2, 0.25) is 0 Å². The second-order valence-corrected chi connectivity index (χ2v) is 4.88. The number of hydrogen-bond donors (Lipinski definition) is 1. The van der Waals surface area contributed by atoms with Crippen molar-refractivity contribution < 1.29 is 18.8 Å². The third kappa shape index (κ3) is 2.80. The molecule has 7 nitrogen and oxygen atoms in total.